The average Bonchev–Trinajstić information content (AvgIpc) is 2.84. The van der Waals surface area contributed by atoms with Gasteiger partial charge in [-0.1, -0.05) is 0 Å². The maximum absolute atomic E-state index is 14.2. The second-order valence-corrected chi connectivity index (χ2v) is 5.45. The molecule has 1 aromatic carbocycles. The zero-order valence-electron chi connectivity index (χ0n) is 11.4. The van der Waals surface area contributed by atoms with Crippen molar-refractivity contribution in [2.75, 3.05) is 33.4 Å². The quantitative estimate of drug-likeness (QED) is 0.854. The summed E-state index contributed by atoms with van der Waals surface area (Å²) in [5, 5.41) is 10.1. The second kappa shape index (κ2) is 5.10. The fraction of sp³-hybridized carbons (Fsp3) is 0.571. The lowest BCUT2D eigenvalue weighted by molar-refractivity contribution is 0.161. The fourth-order valence-corrected chi connectivity index (χ4v) is 3.05. The van der Waals surface area contributed by atoms with E-state index in [-0.39, 0.29) is 17.5 Å². The molecule has 0 amide bonds. The summed E-state index contributed by atoms with van der Waals surface area (Å²) >= 11 is 0. The van der Waals surface area contributed by atoms with Gasteiger partial charge in [-0.25, -0.2) is 0 Å². The predicted octanol–water partition coefficient (Wildman–Crippen LogP) is 1.25. The molecule has 110 valence electrons. The van der Waals surface area contributed by atoms with Crippen LogP contribution >= 0.6 is 0 Å². The van der Waals surface area contributed by atoms with E-state index in [9.17, 15) is 9.50 Å². The lowest BCUT2D eigenvalue weighted by atomic mass is 9.98. The van der Waals surface area contributed by atoms with Crippen LogP contribution in [-0.4, -0.2) is 43.4 Å². The van der Waals surface area contributed by atoms with E-state index in [1.165, 1.54) is 0 Å². The van der Waals surface area contributed by atoms with Crippen molar-refractivity contribution in [1.82, 2.24) is 4.90 Å². The fourth-order valence-electron chi connectivity index (χ4n) is 3.05. The molecule has 2 unspecified atom stereocenters. The van der Waals surface area contributed by atoms with Crippen molar-refractivity contribution in [2.45, 2.75) is 12.5 Å². The smallest absolute Gasteiger partial charge is 0.210 e. The Labute approximate surface area is 117 Å². The summed E-state index contributed by atoms with van der Waals surface area (Å²) in [6, 6.07) is 1.64. The standard InChI is InChI=1S/C14H19FN2O3/c1-17-7-8(6-16)4-10(17)9-5-11-14(12(15)13(9)18)20-3-2-19-11/h5,8,10,18H,2-4,6-7,16H2,1H3. The summed E-state index contributed by atoms with van der Waals surface area (Å²) in [5.74, 6) is -0.342. The SMILES string of the molecule is CN1CC(CN)CC1c1cc2c(c(F)c1O)OCCO2. The van der Waals surface area contributed by atoms with Crippen molar-refractivity contribution >= 4 is 0 Å². The molecule has 0 bridgehead atoms. The monoisotopic (exact) mass is 282 g/mol. The first-order valence-corrected chi connectivity index (χ1v) is 6.83. The first-order chi connectivity index (χ1) is 9.61. The largest absolute Gasteiger partial charge is 0.504 e. The van der Waals surface area contributed by atoms with Crippen molar-refractivity contribution in [2.24, 2.45) is 11.7 Å². The topological polar surface area (TPSA) is 68.0 Å². The number of halogens is 1. The molecule has 1 saturated heterocycles. The van der Waals surface area contributed by atoms with E-state index in [2.05, 4.69) is 4.90 Å². The number of likely N-dealkylation sites (tertiary alicyclic amines) is 1. The van der Waals surface area contributed by atoms with Crippen LogP contribution in [0.3, 0.4) is 0 Å². The Morgan fingerprint density at radius 2 is 2.20 bits per heavy atom. The van der Waals surface area contributed by atoms with Crippen LogP contribution in [0.2, 0.25) is 0 Å². The Morgan fingerprint density at radius 3 is 2.90 bits per heavy atom. The molecule has 3 N–H and O–H groups in total. The first-order valence-electron chi connectivity index (χ1n) is 6.83. The third kappa shape index (κ3) is 2.09. The second-order valence-electron chi connectivity index (χ2n) is 5.45. The van der Waals surface area contributed by atoms with Gasteiger partial charge in [-0.2, -0.15) is 4.39 Å². The Bertz CT molecular complexity index is 524. The average molecular weight is 282 g/mol. The molecule has 0 aromatic heterocycles. The van der Waals surface area contributed by atoms with Crippen molar-refractivity contribution in [1.29, 1.82) is 0 Å². The van der Waals surface area contributed by atoms with Crippen LogP contribution in [0.15, 0.2) is 6.07 Å². The lowest BCUT2D eigenvalue weighted by Gasteiger charge is -2.25. The van der Waals surface area contributed by atoms with Crippen LogP contribution in [0.5, 0.6) is 17.2 Å². The van der Waals surface area contributed by atoms with Gasteiger partial charge in [0.25, 0.3) is 0 Å². The van der Waals surface area contributed by atoms with Gasteiger partial charge in [-0.05, 0) is 32.0 Å². The summed E-state index contributed by atoms with van der Waals surface area (Å²) in [5.41, 5.74) is 6.25. The number of hydrogen-bond acceptors (Lipinski definition) is 5. The lowest BCUT2D eigenvalue weighted by Crippen LogP contribution is -2.21. The van der Waals surface area contributed by atoms with Crippen LogP contribution in [0.1, 0.15) is 18.0 Å². The minimum atomic E-state index is -0.734. The van der Waals surface area contributed by atoms with E-state index >= 15 is 0 Å². The molecule has 2 aliphatic rings. The molecule has 0 spiro atoms. The number of rotatable bonds is 2. The van der Waals surface area contributed by atoms with Crippen molar-refractivity contribution < 1.29 is 19.0 Å². The van der Waals surface area contributed by atoms with E-state index < -0.39 is 5.82 Å². The van der Waals surface area contributed by atoms with Crippen molar-refractivity contribution in [3.8, 4) is 17.2 Å². The first kappa shape index (κ1) is 13.5. The maximum atomic E-state index is 14.2. The molecule has 20 heavy (non-hydrogen) atoms. The summed E-state index contributed by atoms with van der Waals surface area (Å²) < 4.78 is 24.9. The van der Waals surface area contributed by atoms with Crippen LogP contribution < -0.4 is 15.2 Å². The normalized spacial score (nSPS) is 25.9. The highest BCUT2D eigenvalue weighted by Crippen LogP contribution is 2.46. The molecular formula is C14H19FN2O3. The van der Waals surface area contributed by atoms with E-state index in [4.69, 9.17) is 15.2 Å². The van der Waals surface area contributed by atoms with Crippen LogP contribution in [-0.2, 0) is 0 Å². The van der Waals surface area contributed by atoms with Gasteiger partial charge in [0.15, 0.2) is 11.5 Å². The van der Waals surface area contributed by atoms with Gasteiger partial charge in [-0.3, -0.25) is 4.90 Å². The minimum absolute atomic E-state index is 0.00789. The molecule has 2 atom stereocenters. The van der Waals surface area contributed by atoms with E-state index in [1.807, 2.05) is 7.05 Å². The summed E-state index contributed by atoms with van der Waals surface area (Å²) in [4.78, 5) is 2.09. The highest BCUT2D eigenvalue weighted by molar-refractivity contribution is 5.53. The number of hydrogen-bond donors (Lipinski definition) is 2. The number of aromatic hydroxyl groups is 1. The number of nitrogens with two attached hydrogens (primary N) is 1. The van der Waals surface area contributed by atoms with Crippen molar-refractivity contribution in [3.05, 3.63) is 17.4 Å². The van der Waals surface area contributed by atoms with Gasteiger partial charge in [0.05, 0.1) is 0 Å². The number of fused-ring (bicyclic) bond motifs is 1. The molecule has 0 saturated carbocycles. The molecule has 5 nitrogen and oxygen atoms in total. The van der Waals surface area contributed by atoms with Gasteiger partial charge in [-0.15, -0.1) is 0 Å². The van der Waals surface area contributed by atoms with Gasteiger partial charge < -0.3 is 20.3 Å². The van der Waals surface area contributed by atoms with Crippen LogP contribution in [0.4, 0.5) is 4.39 Å². The highest BCUT2D eigenvalue weighted by atomic mass is 19.1. The number of ether oxygens (including phenoxy) is 2. The van der Waals surface area contributed by atoms with Gasteiger partial charge >= 0.3 is 0 Å². The summed E-state index contributed by atoms with van der Waals surface area (Å²) in [6.07, 6.45) is 0.805. The Hall–Kier alpha value is -1.53. The molecule has 6 heteroatoms. The number of nitrogens with zero attached hydrogens (tertiary/aromatic N) is 1. The number of phenols is 1. The molecule has 0 aliphatic carbocycles. The Morgan fingerprint density at radius 1 is 1.45 bits per heavy atom. The summed E-state index contributed by atoms with van der Waals surface area (Å²) in [6.45, 7) is 2.12. The zero-order chi connectivity index (χ0) is 14.3. The zero-order valence-corrected chi connectivity index (χ0v) is 11.4. The third-order valence-electron chi connectivity index (χ3n) is 4.11. The Kier molecular flexibility index (Phi) is 3.43. The van der Waals surface area contributed by atoms with E-state index in [0.717, 1.165) is 13.0 Å². The minimum Gasteiger partial charge on any atom is -0.504 e. The van der Waals surface area contributed by atoms with E-state index in [0.29, 0.717) is 37.0 Å². The molecule has 3 rings (SSSR count). The van der Waals surface area contributed by atoms with Crippen LogP contribution in [0, 0.1) is 11.7 Å². The molecule has 0 radical (unpaired) electrons. The highest BCUT2D eigenvalue weighted by Gasteiger charge is 2.34. The molecule has 2 heterocycles. The molecule has 1 fully saturated rings. The van der Waals surface area contributed by atoms with Crippen LogP contribution in [0.25, 0.3) is 0 Å². The van der Waals surface area contributed by atoms with E-state index in [1.54, 1.807) is 6.07 Å². The molecule has 2 aliphatic heterocycles. The number of phenolic OH excluding ortho intramolecular Hbond substituents is 1. The van der Waals surface area contributed by atoms with Crippen molar-refractivity contribution in [3.63, 3.8) is 0 Å². The third-order valence-corrected chi connectivity index (χ3v) is 4.11. The molecular weight excluding hydrogens is 263 g/mol. The molecule has 1 aromatic rings. The Balaban J connectivity index is 2.00. The van der Waals surface area contributed by atoms with Gasteiger partial charge in [0.2, 0.25) is 11.6 Å². The predicted molar refractivity (Wildman–Crippen MR) is 71.6 cm³/mol. The number of benzene rings is 1. The van der Waals surface area contributed by atoms with Gasteiger partial charge in [0.1, 0.15) is 13.2 Å². The summed E-state index contributed by atoms with van der Waals surface area (Å²) in [7, 11) is 1.95. The maximum Gasteiger partial charge on any atom is 0.210 e. The van der Waals surface area contributed by atoms with Gasteiger partial charge in [0, 0.05) is 18.2 Å².